The molecule has 0 saturated heterocycles. The summed E-state index contributed by atoms with van der Waals surface area (Å²) < 4.78 is 4.67. The van der Waals surface area contributed by atoms with Gasteiger partial charge in [-0.15, -0.1) is 0 Å². The normalized spacial score (nSPS) is 9.08. The molecule has 0 saturated carbocycles. The Morgan fingerprint density at radius 3 is 2.31 bits per heavy atom. The van der Waals surface area contributed by atoms with Crippen LogP contribution in [0, 0.1) is 11.3 Å². The number of hydrogen-bond acceptors (Lipinski definition) is 4. The summed E-state index contributed by atoms with van der Waals surface area (Å²) in [5, 5.41) is 15.8. The number of carbonyl (C=O) groups excluding carboxylic acids is 1. The molecule has 0 aliphatic heterocycles. The third kappa shape index (κ3) is 20.6. The molecular formula is C21H25NO4. The number of unbranched alkanes of at least 4 members (excludes halogenated alkanes) is 1. The van der Waals surface area contributed by atoms with Crippen molar-refractivity contribution in [3.63, 3.8) is 0 Å². The zero-order valence-electron chi connectivity index (χ0n) is 15.0. The summed E-state index contributed by atoms with van der Waals surface area (Å²) in [6.07, 6.45) is 10.5. The molecule has 0 spiro atoms. The Morgan fingerprint density at radius 1 is 1.23 bits per heavy atom. The average molecular weight is 355 g/mol. The van der Waals surface area contributed by atoms with Gasteiger partial charge in [-0.25, -0.2) is 9.59 Å². The molecule has 1 aromatic rings. The average Bonchev–Trinajstić information content (AvgIpc) is 2.66. The van der Waals surface area contributed by atoms with Crippen LogP contribution >= 0.6 is 0 Å². The number of nitrogens with zero attached hydrogens (tertiary/aromatic N) is 1. The standard InChI is InChI=1S/C11H10O2.C7H12O2.C3H3N/c12-11(13)9-5-4-8-10-6-2-1-3-7-10;1-3-5-6-9-7(8)4-2;1-2-3-4/h1-9H,(H,12,13);4H,2-3,5-6H2,1H3;2H,1H2. The summed E-state index contributed by atoms with van der Waals surface area (Å²) in [6.45, 7) is 8.94. The number of hydrogen-bond donors (Lipinski definition) is 1. The van der Waals surface area contributed by atoms with Gasteiger partial charge >= 0.3 is 11.9 Å². The fourth-order valence-corrected chi connectivity index (χ4v) is 1.24. The smallest absolute Gasteiger partial charge is 0.330 e. The monoisotopic (exact) mass is 355 g/mol. The minimum Gasteiger partial charge on any atom is -0.478 e. The minimum absolute atomic E-state index is 0.330. The topological polar surface area (TPSA) is 87.4 Å². The van der Waals surface area contributed by atoms with Crippen molar-refractivity contribution in [2.24, 2.45) is 0 Å². The van der Waals surface area contributed by atoms with Crippen LogP contribution in [0.5, 0.6) is 0 Å². The number of allylic oxidation sites excluding steroid dienone is 3. The SMILES string of the molecule is C=CC#N.C=CC(=O)OCCCC.O=C(O)C=CC=Cc1ccccc1. The summed E-state index contributed by atoms with van der Waals surface area (Å²) >= 11 is 0. The van der Waals surface area contributed by atoms with Crippen molar-refractivity contribution in [2.75, 3.05) is 6.61 Å². The highest BCUT2D eigenvalue weighted by Gasteiger charge is 1.91. The van der Waals surface area contributed by atoms with Crippen LogP contribution in [0.1, 0.15) is 25.3 Å². The molecule has 0 atom stereocenters. The van der Waals surface area contributed by atoms with Crippen molar-refractivity contribution in [3.05, 3.63) is 79.4 Å². The molecule has 1 rings (SSSR count). The van der Waals surface area contributed by atoms with E-state index < -0.39 is 5.97 Å². The first-order chi connectivity index (χ1) is 12.5. The lowest BCUT2D eigenvalue weighted by Gasteiger charge is -1.97. The molecule has 26 heavy (non-hydrogen) atoms. The molecule has 138 valence electrons. The lowest BCUT2D eigenvalue weighted by molar-refractivity contribution is -0.137. The molecule has 0 aliphatic rings. The summed E-state index contributed by atoms with van der Waals surface area (Å²) in [5.41, 5.74) is 1.05. The Labute approximate surface area is 155 Å². The van der Waals surface area contributed by atoms with E-state index in [9.17, 15) is 9.59 Å². The molecule has 0 fully saturated rings. The maximum atomic E-state index is 10.3. The van der Waals surface area contributed by atoms with Gasteiger partial charge in [0.2, 0.25) is 0 Å². The first kappa shape index (κ1) is 24.9. The number of nitriles is 1. The number of carbonyl (C=O) groups is 2. The van der Waals surface area contributed by atoms with E-state index in [0.29, 0.717) is 6.61 Å². The van der Waals surface area contributed by atoms with E-state index in [1.54, 1.807) is 12.1 Å². The van der Waals surface area contributed by atoms with E-state index >= 15 is 0 Å². The van der Waals surface area contributed by atoms with E-state index in [1.807, 2.05) is 43.3 Å². The van der Waals surface area contributed by atoms with Crippen LogP contribution in [0.15, 0.2) is 73.9 Å². The van der Waals surface area contributed by atoms with E-state index in [0.717, 1.165) is 24.5 Å². The van der Waals surface area contributed by atoms with Crippen molar-refractivity contribution in [1.82, 2.24) is 0 Å². The van der Waals surface area contributed by atoms with Gasteiger partial charge < -0.3 is 9.84 Å². The van der Waals surface area contributed by atoms with E-state index in [1.165, 1.54) is 18.2 Å². The van der Waals surface area contributed by atoms with Gasteiger partial charge in [0.1, 0.15) is 0 Å². The Hall–Kier alpha value is -3.39. The zero-order chi connectivity index (χ0) is 20.0. The Balaban J connectivity index is 0. The van der Waals surface area contributed by atoms with E-state index in [4.69, 9.17) is 10.4 Å². The van der Waals surface area contributed by atoms with Crippen molar-refractivity contribution < 1.29 is 19.4 Å². The van der Waals surface area contributed by atoms with E-state index in [2.05, 4.69) is 17.9 Å². The third-order valence-corrected chi connectivity index (χ3v) is 2.44. The fraction of sp³-hybridized carbons (Fsp3) is 0.190. The molecular weight excluding hydrogens is 330 g/mol. The van der Waals surface area contributed by atoms with Gasteiger partial charge in [0.25, 0.3) is 0 Å². The number of ether oxygens (including phenoxy) is 1. The zero-order valence-corrected chi connectivity index (χ0v) is 15.0. The molecule has 0 heterocycles. The lowest BCUT2D eigenvalue weighted by Crippen LogP contribution is -2.00. The van der Waals surface area contributed by atoms with Crippen LogP contribution in [0.4, 0.5) is 0 Å². The first-order valence-electron chi connectivity index (χ1n) is 7.94. The second kappa shape index (κ2) is 19.7. The van der Waals surface area contributed by atoms with Gasteiger partial charge in [0.15, 0.2) is 0 Å². The van der Waals surface area contributed by atoms with Crippen LogP contribution in [-0.2, 0) is 14.3 Å². The molecule has 1 aromatic carbocycles. The summed E-state index contributed by atoms with van der Waals surface area (Å²) in [5.74, 6) is -1.26. The molecule has 5 nitrogen and oxygen atoms in total. The lowest BCUT2D eigenvalue weighted by atomic mass is 10.2. The second-order valence-electron chi connectivity index (χ2n) is 4.53. The van der Waals surface area contributed by atoms with Crippen molar-refractivity contribution in [1.29, 1.82) is 5.26 Å². The fourth-order valence-electron chi connectivity index (χ4n) is 1.24. The molecule has 0 bridgehead atoms. The van der Waals surface area contributed by atoms with Crippen LogP contribution in [-0.4, -0.2) is 23.7 Å². The molecule has 0 amide bonds. The van der Waals surface area contributed by atoms with Crippen LogP contribution < -0.4 is 0 Å². The predicted molar refractivity (Wildman–Crippen MR) is 104 cm³/mol. The van der Waals surface area contributed by atoms with Gasteiger partial charge in [0, 0.05) is 18.2 Å². The molecule has 1 N–H and O–H groups in total. The molecule has 0 aliphatic carbocycles. The first-order valence-corrected chi connectivity index (χ1v) is 7.94. The number of benzene rings is 1. The van der Waals surface area contributed by atoms with Gasteiger partial charge in [-0.05, 0) is 12.0 Å². The van der Waals surface area contributed by atoms with Crippen LogP contribution in [0.3, 0.4) is 0 Å². The quantitative estimate of drug-likeness (QED) is 0.255. The second-order valence-corrected chi connectivity index (χ2v) is 4.53. The maximum absolute atomic E-state index is 10.3. The number of aliphatic carboxylic acids is 1. The summed E-state index contributed by atoms with van der Waals surface area (Å²) in [7, 11) is 0. The molecule has 0 aromatic heterocycles. The Bertz CT molecular complexity index is 625. The Morgan fingerprint density at radius 2 is 1.85 bits per heavy atom. The predicted octanol–water partition coefficient (Wildman–Crippen LogP) is 4.55. The van der Waals surface area contributed by atoms with Gasteiger partial charge in [0.05, 0.1) is 12.7 Å². The third-order valence-electron chi connectivity index (χ3n) is 2.44. The van der Waals surface area contributed by atoms with Crippen LogP contribution in [0.2, 0.25) is 0 Å². The van der Waals surface area contributed by atoms with Crippen LogP contribution in [0.25, 0.3) is 6.08 Å². The highest BCUT2D eigenvalue weighted by atomic mass is 16.5. The number of rotatable bonds is 7. The van der Waals surface area contributed by atoms with Crippen molar-refractivity contribution >= 4 is 18.0 Å². The highest BCUT2D eigenvalue weighted by Crippen LogP contribution is 2.00. The molecule has 5 heteroatoms. The molecule has 0 unspecified atom stereocenters. The highest BCUT2D eigenvalue weighted by molar-refractivity contribution is 5.81. The van der Waals surface area contributed by atoms with Crippen molar-refractivity contribution in [3.8, 4) is 6.07 Å². The van der Waals surface area contributed by atoms with Gasteiger partial charge in [-0.1, -0.05) is 75.1 Å². The van der Waals surface area contributed by atoms with E-state index in [-0.39, 0.29) is 5.97 Å². The van der Waals surface area contributed by atoms with Gasteiger partial charge in [-0.2, -0.15) is 5.26 Å². The maximum Gasteiger partial charge on any atom is 0.330 e. The largest absolute Gasteiger partial charge is 0.478 e. The Kier molecular flexibility index (Phi) is 18.8. The minimum atomic E-state index is -0.933. The number of carboxylic acids is 1. The summed E-state index contributed by atoms with van der Waals surface area (Å²) in [6, 6.07) is 11.4. The number of esters is 1. The van der Waals surface area contributed by atoms with Gasteiger partial charge in [-0.3, -0.25) is 0 Å². The molecule has 0 radical (unpaired) electrons. The van der Waals surface area contributed by atoms with Crippen molar-refractivity contribution in [2.45, 2.75) is 19.8 Å². The summed E-state index contributed by atoms with van der Waals surface area (Å²) in [4.78, 5) is 20.4. The number of carboxylic acid groups (broad SMARTS) is 1.